The van der Waals surface area contributed by atoms with Crippen LogP contribution in [-0.2, 0) is 0 Å². The zero-order valence-electron chi connectivity index (χ0n) is 10.9. The Balaban J connectivity index is 2.26. The van der Waals surface area contributed by atoms with Crippen LogP contribution in [0.15, 0.2) is 41.0 Å². The van der Waals surface area contributed by atoms with Crippen molar-refractivity contribution in [2.45, 2.75) is 6.92 Å². The number of rotatable bonds is 4. The standard InChI is InChI=1S/C14H14BrN3O2/c1-2-17-14(19)12-8-9(6-7-18-12)20-13-10(15)4-3-5-11(13)16/h3-8H,2,16H2,1H3,(H,17,19). The van der Waals surface area contributed by atoms with Gasteiger partial charge in [0.15, 0.2) is 5.75 Å². The Hall–Kier alpha value is -2.08. The highest BCUT2D eigenvalue weighted by Gasteiger charge is 2.10. The molecule has 0 fully saturated rings. The molecule has 1 aromatic heterocycles. The Bertz CT molecular complexity index is 611. The van der Waals surface area contributed by atoms with Gasteiger partial charge in [0.05, 0.1) is 10.2 Å². The minimum absolute atomic E-state index is 0.238. The van der Waals surface area contributed by atoms with Crippen LogP contribution < -0.4 is 15.8 Å². The summed E-state index contributed by atoms with van der Waals surface area (Å²) in [5.74, 6) is 0.776. The number of nitrogens with one attached hydrogen (secondary N) is 1. The van der Waals surface area contributed by atoms with Crippen molar-refractivity contribution in [2.24, 2.45) is 0 Å². The number of anilines is 1. The molecule has 0 saturated heterocycles. The highest BCUT2D eigenvalue weighted by Crippen LogP contribution is 2.34. The summed E-state index contributed by atoms with van der Waals surface area (Å²) < 4.78 is 6.46. The Morgan fingerprint density at radius 2 is 2.25 bits per heavy atom. The summed E-state index contributed by atoms with van der Waals surface area (Å²) in [5, 5.41) is 2.68. The topological polar surface area (TPSA) is 77.2 Å². The molecule has 5 nitrogen and oxygen atoms in total. The van der Waals surface area contributed by atoms with Gasteiger partial charge in [0.25, 0.3) is 5.91 Å². The molecule has 0 aliphatic carbocycles. The van der Waals surface area contributed by atoms with Gasteiger partial charge in [-0.1, -0.05) is 6.07 Å². The highest BCUT2D eigenvalue weighted by atomic mass is 79.9. The fraction of sp³-hybridized carbons (Fsp3) is 0.143. The lowest BCUT2D eigenvalue weighted by Crippen LogP contribution is -2.23. The lowest BCUT2D eigenvalue weighted by Gasteiger charge is -2.11. The first kappa shape index (κ1) is 14.3. The molecule has 1 heterocycles. The number of hydrogen-bond donors (Lipinski definition) is 2. The predicted octanol–water partition coefficient (Wildman–Crippen LogP) is 2.97. The zero-order valence-corrected chi connectivity index (χ0v) is 12.5. The number of nitrogen functional groups attached to an aromatic ring is 1. The SMILES string of the molecule is CCNC(=O)c1cc(Oc2c(N)cccc2Br)ccn1. The van der Waals surface area contributed by atoms with Crippen LogP contribution in [0.2, 0.25) is 0 Å². The van der Waals surface area contributed by atoms with Gasteiger partial charge in [-0.2, -0.15) is 0 Å². The first-order chi connectivity index (χ1) is 9.61. The number of amides is 1. The second kappa shape index (κ2) is 6.38. The maximum Gasteiger partial charge on any atom is 0.270 e. The number of hydrogen-bond acceptors (Lipinski definition) is 4. The van der Waals surface area contributed by atoms with Gasteiger partial charge in [0.1, 0.15) is 11.4 Å². The lowest BCUT2D eigenvalue weighted by molar-refractivity contribution is 0.0950. The maximum absolute atomic E-state index is 11.7. The molecule has 0 bridgehead atoms. The summed E-state index contributed by atoms with van der Waals surface area (Å²) in [4.78, 5) is 15.7. The van der Waals surface area contributed by atoms with Gasteiger partial charge in [-0.3, -0.25) is 9.78 Å². The van der Waals surface area contributed by atoms with Crippen LogP contribution in [0.4, 0.5) is 5.69 Å². The minimum Gasteiger partial charge on any atom is -0.454 e. The van der Waals surface area contributed by atoms with E-state index in [9.17, 15) is 4.79 Å². The van der Waals surface area contributed by atoms with Crippen molar-refractivity contribution in [2.75, 3.05) is 12.3 Å². The summed E-state index contributed by atoms with van der Waals surface area (Å²) in [7, 11) is 0. The summed E-state index contributed by atoms with van der Waals surface area (Å²) in [5.41, 5.74) is 6.68. The van der Waals surface area contributed by atoms with Crippen molar-refractivity contribution >= 4 is 27.5 Å². The largest absolute Gasteiger partial charge is 0.454 e. The third kappa shape index (κ3) is 3.27. The number of nitrogens with two attached hydrogens (primary N) is 1. The molecule has 0 spiro atoms. The van der Waals surface area contributed by atoms with Crippen LogP contribution in [0.3, 0.4) is 0 Å². The van der Waals surface area contributed by atoms with E-state index in [1.54, 1.807) is 18.2 Å². The number of carbonyl (C=O) groups is 1. The molecule has 0 saturated carbocycles. The average Bonchev–Trinajstić information content (AvgIpc) is 2.44. The molecule has 3 N–H and O–H groups in total. The van der Waals surface area contributed by atoms with E-state index in [2.05, 4.69) is 26.2 Å². The Morgan fingerprint density at radius 1 is 1.45 bits per heavy atom. The van der Waals surface area contributed by atoms with Gasteiger partial charge in [0.2, 0.25) is 0 Å². The third-order valence-corrected chi connectivity index (χ3v) is 3.14. The summed E-state index contributed by atoms with van der Waals surface area (Å²) in [6, 6.07) is 8.63. The number of halogens is 1. The molecular formula is C14H14BrN3O2. The molecular weight excluding hydrogens is 322 g/mol. The number of aromatic nitrogens is 1. The molecule has 2 rings (SSSR count). The molecule has 104 valence electrons. The fourth-order valence-electron chi connectivity index (χ4n) is 1.60. The number of benzene rings is 1. The van der Waals surface area contributed by atoms with Crippen molar-refractivity contribution in [1.82, 2.24) is 10.3 Å². The number of carbonyl (C=O) groups excluding carboxylic acids is 1. The van der Waals surface area contributed by atoms with Gasteiger partial charge in [-0.15, -0.1) is 0 Å². The third-order valence-electron chi connectivity index (χ3n) is 2.52. The van der Waals surface area contributed by atoms with E-state index in [0.717, 1.165) is 4.47 Å². The molecule has 2 aromatic rings. The summed E-state index contributed by atoms with van der Waals surface area (Å²) >= 11 is 3.38. The predicted molar refractivity (Wildman–Crippen MR) is 80.9 cm³/mol. The second-order valence-corrected chi connectivity index (χ2v) is 4.85. The zero-order chi connectivity index (χ0) is 14.5. The van der Waals surface area contributed by atoms with Gasteiger partial charge < -0.3 is 15.8 Å². The summed E-state index contributed by atoms with van der Waals surface area (Å²) in [6.07, 6.45) is 1.52. The number of para-hydroxylation sites is 1. The summed E-state index contributed by atoms with van der Waals surface area (Å²) in [6.45, 7) is 2.39. The maximum atomic E-state index is 11.7. The van der Waals surface area contributed by atoms with Crippen LogP contribution in [0.25, 0.3) is 0 Å². The van der Waals surface area contributed by atoms with Crippen molar-refractivity contribution in [3.63, 3.8) is 0 Å². The molecule has 1 amide bonds. The van der Waals surface area contributed by atoms with E-state index >= 15 is 0 Å². The molecule has 1 aromatic carbocycles. The Morgan fingerprint density at radius 3 is 2.95 bits per heavy atom. The molecule has 0 aliphatic rings. The van der Waals surface area contributed by atoms with Crippen LogP contribution in [-0.4, -0.2) is 17.4 Å². The van der Waals surface area contributed by atoms with Crippen LogP contribution in [0.5, 0.6) is 11.5 Å². The van der Waals surface area contributed by atoms with Crippen molar-refractivity contribution in [1.29, 1.82) is 0 Å². The minimum atomic E-state index is -0.238. The van der Waals surface area contributed by atoms with Crippen molar-refractivity contribution in [3.8, 4) is 11.5 Å². The Labute approximate surface area is 125 Å². The van der Waals surface area contributed by atoms with Gasteiger partial charge in [-0.05, 0) is 41.1 Å². The van der Waals surface area contributed by atoms with Crippen LogP contribution in [0, 0.1) is 0 Å². The second-order valence-electron chi connectivity index (χ2n) is 4.00. The number of ether oxygens (including phenoxy) is 1. The van der Waals surface area contributed by atoms with Gasteiger partial charge in [-0.25, -0.2) is 0 Å². The van der Waals surface area contributed by atoms with Gasteiger partial charge in [0, 0.05) is 18.8 Å². The highest BCUT2D eigenvalue weighted by molar-refractivity contribution is 9.10. The van der Waals surface area contributed by atoms with Gasteiger partial charge >= 0.3 is 0 Å². The van der Waals surface area contributed by atoms with E-state index in [1.165, 1.54) is 6.20 Å². The fourth-order valence-corrected chi connectivity index (χ4v) is 2.06. The Kier molecular flexibility index (Phi) is 4.57. The smallest absolute Gasteiger partial charge is 0.270 e. The molecule has 0 atom stereocenters. The first-order valence-corrected chi connectivity index (χ1v) is 6.87. The van der Waals surface area contributed by atoms with E-state index in [0.29, 0.717) is 29.4 Å². The van der Waals surface area contributed by atoms with E-state index in [-0.39, 0.29) is 5.91 Å². The van der Waals surface area contributed by atoms with Crippen molar-refractivity contribution < 1.29 is 9.53 Å². The monoisotopic (exact) mass is 335 g/mol. The number of pyridine rings is 1. The molecule has 0 aliphatic heterocycles. The quantitative estimate of drug-likeness (QED) is 0.842. The first-order valence-electron chi connectivity index (χ1n) is 6.08. The van der Waals surface area contributed by atoms with E-state index in [1.807, 2.05) is 19.1 Å². The average molecular weight is 336 g/mol. The molecule has 0 unspecified atom stereocenters. The normalized spacial score (nSPS) is 10.1. The van der Waals surface area contributed by atoms with E-state index in [4.69, 9.17) is 10.5 Å². The molecule has 6 heteroatoms. The number of nitrogens with zero attached hydrogens (tertiary/aromatic N) is 1. The van der Waals surface area contributed by atoms with Crippen LogP contribution >= 0.6 is 15.9 Å². The lowest BCUT2D eigenvalue weighted by atomic mass is 10.3. The molecule has 0 radical (unpaired) electrons. The van der Waals surface area contributed by atoms with Crippen LogP contribution in [0.1, 0.15) is 17.4 Å². The van der Waals surface area contributed by atoms with Crippen molar-refractivity contribution in [3.05, 3.63) is 46.7 Å². The van der Waals surface area contributed by atoms with E-state index < -0.39 is 0 Å². The molecule has 20 heavy (non-hydrogen) atoms.